The minimum Gasteiger partial charge on any atom is -0.390 e. The summed E-state index contributed by atoms with van der Waals surface area (Å²) < 4.78 is 7.27. The van der Waals surface area contributed by atoms with Gasteiger partial charge in [0.15, 0.2) is 5.82 Å². The summed E-state index contributed by atoms with van der Waals surface area (Å²) in [7, 11) is 1.64. The van der Waals surface area contributed by atoms with Crippen LogP contribution in [-0.2, 0) is 11.3 Å². The Morgan fingerprint density at radius 3 is 2.86 bits per heavy atom. The fourth-order valence-electron chi connectivity index (χ4n) is 2.72. The van der Waals surface area contributed by atoms with E-state index in [1.807, 2.05) is 35.1 Å². The number of aliphatic hydroxyl groups excluding tert-OH is 1. The van der Waals surface area contributed by atoms with Gasteiger partial charge >= 0.3 is 0 Å². The molecular weight excluding hydrogens is 266 g/mol. The predicted molar refractivity (Wildman–Crippen MR) is 81.4 cm³/mol. The van der Waals surface area contributed by atoms with Crippen molar-refractivity contribution in [1.82, 2.24) is 9.78 Å². The third-order valence-electron chi connectivity index (χ3n) is 3.96. The summed E-state index contributed by atoms with van der Waals surface area (Å²) in [6.07, 6.45) is 2.19. The van der Waals surface area contributed by atoms with Gasteiger partial charge in [0.05, 0.1) is 12.6 Å². The standard InChI is InChI=1S/C16H21N3O2/c1-21-15-12-18(9-7-14(15)20)16-8-10-19(17-16)11-13-5-3-2-4-6-13/h2-6,8,10,14-15,20H,7,9,11-12H2,1H3. The number of aliphatic hydroxyl groups is 1. The summed E-state index contributed by atoms with van der Waals surface area (Å²) in [5.41, 5.74) is 1.23. The second-order valence-corrected chi connectivity index (χ2v) is 5.43. The molecule has 0 bridgehead atoms. The van der Waals surface area contributed by atoms with Crippen LogP contribution in [-0.4, -0.2) is 47.3 Å². The number of hydrogen-bond acceptors (Lipinski definition) is 4. The van der Waals surface area contributed by atoms with Gasteiger partial charge in [0, 0.05) is 32.5 Å². The SMILES string of the molecule is COC1CN(c2ccn(Cc3ccccc3)n2)CCC1O. The van der Waals surface area contributed by atoms with Crippen molar-refractivity contribution in [3.8, 4) is 0 Å². The molecule has 1 aromatic carbocycles. The lowest BCUT2D eigenvalue weighted by atomic mass is 10.1. The van der Waals surface area contributed by atoms with E-state index < -0.39 is 0 Å². The Bertz CT molecular complexity index is 570. The molecule has 3 rings (SSSR count). The first kappa shape index (κ1) is 14.1. The fraction of sp³-hybridized carbons (Fsp3) is 0.438. The normalized spacial score (nSPS) is 22.5. The largest absolute Gasteiger partial charge is 0.390 e. The Labute approximate surface area is 124 Å². The molecule has 2 atom stereocenters. The lowest BCUT2D eigenvalue weighted by molar-refractivity contribution is -0.0207. The molecule has 5 nitrogen and oxygen atoms in total. The van der Waals surface area contributed by atoms with E-state index in [1.54, 1.807) is 7.11 Å². The van der Waals surface area contributed by atoms with Crippen LogP contribution < -0.4 is 4.90 Å². The average Bonchev–Trinajstić information content (AvgIpc) is 2.97. The van der Waals surface area contributed by atoms with Crippen LogP contribution in [0.15, 0.2) is 42.6 Å². The van der Waals surface area contributed by atoms with Crippen molar-refractivity contribution in [2.24, 2.45) is 0 Å². The Balaban J connectivity index is 1.67. The zero-order chi connectivity index (χ0) is 14.7. The molecule has 1 aliphatic rings. The summed E-state index contributed by atoms with van der Waals surface area (Å²) >= 11 is 0. The molecule has 2 aromatic rings. The van der Waals surface area contributed by atoms with E-state index in [0.717, 1.165) is 18.9 Å². The highest BCUT2D eigenvalue weighted by atomic mass is 16.5. The van der Waals surface area contributed by atoms with Crippen molar-refractivity contribution < 1.29 is 9.84 Å². The second kappa shape index (κ2) is 6.28. The summed E-state index contributed by atoms with van der Waals surface area (Å²) in [6, 6.07) is 12.3. The molecule has 0 saturated carbocycles. The van der Waals surface area contributed by atoms with Crippen molar-refractivity contribution in [3.63, 3.8) is 0 Å². The van der Waals surface area contributed by atoms with Crippen molar-refractivity contribution in [3.05, 3.63) is 48.2 Å². The molecule has 0 aliphatic carbocycles. The fourth-order valence-corrected chi connectivity index (χ4v) is 2.72. The molecule has 2 unspecified atom stereocenters. The second-order valence-electron chi connectivity index (χ2n) is 5.43. The number of piperidine rings is 1. The van der Waals surface area contributed by atoms with Crippen molar-refractivity contribution in [2.45, 2.75) is 25.2 Å². The molecule has 112 valence electrons. The van der Waals surface area contributed by atoms with Gasteiger partial charge in [0.25, 0.3) is 0 Å². The van der Waals surface area contributed by atoms with Crippen molar-refractivity contribution >= 4 is 5.82 Å². The Morgan fingerprint density at radius 2 is 2.10 bits per heavy atom. The minimum absolute atomic E-state index is 0.141. The van der Waals surface area contributed by atoms with E-state index >= 15 is 0 Å². The molecule has 0 radical (unpaired) electrons. The van der Waals surface area contributed by atoms with Crippen LogP contribution in [0.4, 0.5) is 5.82 Å². The number of anilines is 1. The van der Waals surface area contributed by atoms with Gasteiger partial charge < -0.3 is 14.7 Å². The zero-order valence-corrected chi connectivity index (χ0v) is 12.2. The lowest BCUT2D eigenvalue weighted by Gasteiger charge is -2.35. The minimum atomic E-state index is -0.377. The van der Waals surface area contributed by atoms with Gasteiger partial charge in [0.2, 0.25) is 0 Å². The molecule has 21 heavy (non-hydrogen) atoms. The first-order chi connectivity index (χ1) is 10.3. The molecule has 0 amide bonds. The van der Waals surface area contributed by atoms with Crippen LogP contribution in [0.1, 0.15) is 12.0 Å². The number of ether oxygens (including phenoxy) is 1. The van der Waals surface area contributed by atoms with Crippen LogP contribution in [0.25, 0.3) is 0 Å². The highest BCUT2D eigenvalue weighted by molar-refractivity contribution is 5.38. The summed E-state index contributed by atoms with van der Waals surface area (Å²) in [5, 5.41) is 14.5. The summed E-state index contributed by atoms with van der Waals surface area (Å²) in [4.78, 5) is 2.17. The molecular formula is C16H21N3O2. The quantitative estimate of drug-likeness (QED) is 0.926. The van der Waals surface area contributed by atoms with E-state index in [4.69, 9.17) is 4.74 Å². The monoisotopic (exact) mass is 287 g/mol. The van der Waals surface area contributed by atoms with Crippen LogP contribution in [0.5, 0.6) is 0 Å². The predicted octanol–water partition coefficient (Wildman–Crippen LogP) is 1.52. The molecule has 1 aromatic heterocycles. The topological polar surface area (TPSA) is 50.5 Å². The first-order valence-corrected chi connectivity index (χ1v) is 7.29. The van der Waals surface area contributed by atoms with E-state index in [1.165, 1.54) is 5.56 Å². The highest BCUT2D eigenvalue weighted by Gasteiger charge is 2.28. The summed E-state index contributed by atoms with van der Waals surface area (Å²) in [6.45, 7) is 2.26. The molecule has 1 N–H and O–H groups in total. The average molecular weight is 287 g/mol. The molecule has 1 saturated heterocycles. The van der Waals surface area contributed by atoms with Gasteiger partial charge in [-0.3, -0.25) is 4.68 Å². The third-order valence-corrected chi connectivity index (χ3v) is 3.96. The number of aromatic nitrogens is 2. The number of nitrogens with zero attached hydrogens (tertiary/aromatic N) is 3. The van der Waals surface area contributed by atoms with Gasteiger partial charge in [-0.2, -0.15) is 5.10 Å². The number of methoxy groups -OCH3 is 1. The van der Waals surface area contributed by atoms with Crippen molar-refractivity contribution in [2.75, 3.05) is 25.1 Å². The molecule has 5 heteroatoms. The number of benzene rings is 1. The Kier molecular flexibility index (Phi) is 4.22. The number of rotatable bonds is 4. The van der Waals surface area contributed by atoms with Gasteiger partial charge in [-0.15, -0.1) is 0 Å². The van der Waals surface area contributed by atoms with Gasteiger partial charge in [0.1, 0.15) is 6.10 Å². The van der Waals surface area contributed by atoms with Crippen molar-refractivity contribution in [1.29, 1.82) is 0 Å². The van der Waals surface area contributed by atoms with Crippen LogP contribution >= 0.6 is 0 Å². The maximum Gasteiger partial charge on any atom is 0.150 e. The Morgan fingerprint density at radius 1 is 1.29 bits per heavy atom. The van der Waals surface area contributed by atoms with Gasteiger partial charge in [-0.05, 0) is 12.0 Å². The summed E-state index contributed by atoms with van der Waals surface area (Å²) in [5.74, 6) is 0.944. The van der Waals surface area contributed by atoms with Crippen LogP contribution in [0.3, 0.4) is 0 Å². The smallest absolute Gasteiger partial charge is 0.150 e. The van der Waals surface area contributed by atoms with E-state index in [-0.39, 0.29) is 12.2 Å². The van der Waals surface area contributed by atoms with E-state index in [9.17, 15) is 5.11 Å². The van der Waals surface area contributed by atoms with Gasteiger partial charge in [-0.1, -0.05) is 30.3 Å². The Hall–Kier alpha value is -1.85. The molecule has 1 aliphatic heterocycles. The highest BCUT2D eigenvalue weighted by Crippen LogP contribution is 2.20. The maximum atomic E-state index is 9.86. The van der Waals surface area contributed by atoms with Crippen LogP contribution in [0, 0.1) is 0 Å². The third kappa shape index (κ3) is 3.25. The molecule has 2 heterocycles. The lowest BCUT2D eigenvalue weighted by Crippen LogP contribution is -2.47. The molecule has 0 spiro atoms. The van der Waals surface area contributed by atoms with E-state index in [0.29, 0.717) is 13.0 Å². The number of hydrogen-bond donors (Lipinski definition) is 1. The first-order valence-electron chi connectivity index (χ1n) is 7.29. The van der Waals surface area contributed by atoms with Gasteiger partial charge in [-0.25, -0.2) is 0 Å². The van der Waals surface area contributed by atoms with Crippen LogP contribution in [0.2, 0.25) is 0 Å². The maximum absolute atomic E-state index is 9.86. The zero-order valence-electron chi connectivity index (χ0n) is 12.2. The molecule has 1 fully saturated rings. The van der Waals surface area contributed by atoms with E-state index in [2.05, 4.69) is 22.1 Å².